The Bertz CT molecular complexity index is 1150. The molecule has 1 aromatic heterocycles. The van der Waals surface area contributed by atoms with E-state index in [4.69, 9.17) is 25.4 Å². The predicted molar refractivity (Wildman–Crippen MR) is 141 cm³/mol. The van der Waals surface area contributed by atoms with E-state index in [0.29, 0.717) is 31.1 Å². The van der Waals surface area contributed by atoms with Crippen molar-refractivity contribution in [3.63, 3.8) is 0 Å². The second-order valence-corrected chi connectivity index (χ2v) is 10.4. The van der Waals surface area contributed by atoms with Crippen LogP contribution in [0.25, 0.3) is 0 Å². The van der Waals surface area contributed by atoms with E-state index in [2.05, 4.69) is 10.6 Å². The fourth-order valence-electron chi connectivity index (χ4n) is 4.46. The minimum absolute atomic E-state index is 0.0319. The van der Waals surface area contributed by atoms with Gasteiger partial charge in [-0.15, -0.1) is 11.3 Å². The normalized spacial score (nSPS) is 18.8. The predicted octanol–water partition coefficient (Wildman–Crippen LogP) is 1.53. The number of ether oxygens (including phenoxy) is 3. The van der Waals surface area contributed by atoms with E-state index in [0.717, 1.165) is 10.6 Å². The highest BCUT2D eigenvalue weighted by molar-refractivity contribution is 7.14. The Labute approximate surface area is 225 Å². The summed E-state index contributed by atoms with van der Waals surface area (Å²) in [5.41, 5.74) is 5.55. The number of nitrogens with zero attached hydrogens (tertiary/aromatic N) is 1. The average molecular weight is 544 g/mol. The molecule has 4 rings (SSSR count). The molecule has 2 aromatic rings. The topological polar surface area (TPSA) is 156 Å². The molecule has 2 atom stereocenters. The lowest BCUT2D eigenvalue weighted by Crippen LogP contribution is -2.49. The molecule has 3 heterocycles. The number of hydrogen-bond acceptors (Lipinski definition) is 8. The number of nitrogen functional groups attached to an aromatic ring is 1. The van der Waals surface area contributed by atoms with Gasteiger partial charge in [0, 0.05) is 17.7 Å². The molecule has 2 aliphatic heterocycles. The van der Waals surface area contributed by atoms with E-state index in [1.165, 1.54) is 16.2 Å². The average Bonchev–Trinajstić information content (AvgIpc) is 3.66. The minimum Gasteiger partial charge on any atom is -0.494 e. The second kappa shape index (κ2) is 12.4. The third-order valence-corrected chi connectivity index (χ3v) is 7.70. The third kappa shape index (κ3) is 6.88. The molecule has 0 saturated carbocycles. The van der Waals surface area contributed by atoms with Crippen LogP contribution in [0.1, 0.15) is 42.0 Å². The molecule has 2 saturated heterocycles. The van der Waals surface area contributed by atoms with Gasteiger partial charge in [0.25, 0.3) is 0 Å². The van der Waals surface area contributed by atoms with Crippen molar-refractivity contribution in [2.24, 2.45) is 5.73 Å². The quantitative estimate of drug-likeness (QED) is 0.190. The first-order chi connectivity index (χ1) is 18.3. The first kappa shape index (κ1) is 27.6. The molecule has 12 heteroatoms. The van der Waals surface area contributed by atoms with Gasteiger partial charge in [0.15, 0.2) is 5.79 Å². The number of likely N-dealkylation sites (tertiary alicyclic amines) is 1. The Morgan fingerprint density at radius 1 is 1.21 bits per heavy atom. The van der Waals surface area contributed by atoms with E-state index in [-0.39, 0.29) is 49.6 Å². The number of rotatable bonds is 11. The molecule has 3 amide bonds. The lowest BCUT2D eigenvalue weighted by atomic mass is 10.1. The van der Waals surface area contributed by atoms with Gasteiger partial charge in [-0.2, -0.15) is 0 Å². The number of thiophene rings is 1. The van der Waals surface area contributed by atoms with Crippen molar-refractivity contribution in [2.45, 2.75) is 44.1 Å². The van der Waals surface area contributed by atoms with Crippen LogP contribution in [-0.2, 0) is 23.9 Å². The molecule has 1 spiro atoms. The Balaban J connectivity index is 1.30. The zero-order valence-corrected chi connectivity index (χ0v) is 22.1. The van der Waals surface area contributed by atoms with Gasteiger partial charge in [0.2, 0.25) is 17.7 Å². The Morgan fingerprint density at radius 2 is 1.95 bits per heavy atom. The molecule has 38 heavy (non-hydrogen) atoms. The van der Waals surface area contributed by atoms with Crippen LogP contribution in [-0.4, -0.2) is 73.2 Å². The maximum atomic E-state index is 13.3. The summed E-state index contributed by atoms with van der Waals surface area (Å²) in [7, 11) is 0. The minimum atomic E-state index is -1.02. The molecule has 0 bridgehead atoms. The fraction of sp³-hybridized carbons (Fsp3) is 0.462. The molecule has 2 fully saturated rings. The van der Waals surface area contributed by atoms with Crippen molar-refractivity contribution < 1.29 is 28.6 Å². The molecule has 2 aliphatic rings. The number of nitrogens with one attached hydrogen (secondary N) is 3. The van der Waals surface area contributed by atoms with Crippen LogP contribution in [0.2, 0.25) is 0 Å². The van der Waals surface area contributed by atoms with Gasteiger partial charge in [-0.3, -0.25) is 19.8 Å². The molecule has 204 valence electrons. The van der Waals surface area contributed by atoms with Gasteiger partial charge in [-0.25, -0.2) is 0 Å². The standard InChI is InChI=1S/C26H33N5O6S/c1-17(20-9-10-21(38-20)24(27)28)30-25(34)19-14-26(36-12-13-37-26)16-31(19)23(33)15-29-22(32)8-5-11-35-18-6-3-2-4-7-18/h2-4,6-7,9-10,17,19H,5,8,11-16H2,1H3,(H3,27,28)(H,29,32)(H,30,34)/t17-,19+/m1/s1. The van der Waals surface area contributed by atoms with Gasteiger partial charge >= 0.3 is 0 Å². The lowest BCUT2D eigenvalue weighted by Gasteiger charge is -2.25. The van der Waals surface area contributed by atoms with Gasteiger partial charge in [-0.1, -0.05) is 18.2 Å². The number of carbonyl (C=O) groups is 3. The number of amides is 3. The summed E-state index contributed by atoms with van der Waals surface area (Å²) in [6.07, 6.45) is 0.909. The highest BCUT2D eigenvalue weighted by atomic mass is 32.1. The monoisotopic (exact) mass is 543 g/mol. The largest absolute Gasteiger partial charge is 0.494 e. The van der Waals surface area contributed by atoms with Crippen LogP contribution in [0.4, 0.5) is 0 Å². The summed E-state index contributed by atoms with van der Waals surface area (Å²) in [5.74, 6) is -1.33. The third-order valence-electron chi connectivity index (χ3n) is 6.40. The van der Waals surface area contributed by atoms with Crippen molar-refractivity contribution in [2.75, 3.05) is 32.9 Å². The molecule has 0 radical (unpaired) electrons. The summed E-state index contributed by atoms with van der Waals surface area (Å²) in [6.45, 7) is 2.85. The Hall–Kier alpha value is -3.48. The second-order valence-electron chi connectivity index (χ2n) is 9.24. The van der Waals surface area contributed by atoms with Crippen molar-refractivity contribution >= 4 is 34.9 Å². The van der Waals surface area contributed by atoms with Crippen molar-refractivity contribution in [1.29, 1.82) is 5.41 Å². The van der Waals surface area contributed by atoms with Crippen molar-refractivity contribution in [3.05, 3.63) is 52.2 Å². The van der Waals surface area contributed by atoms with Crippen LogP contribution in [0.15, 0.2) is 42.5 Å². The van der Waals surface area contributed by atoms with Gasteiger partial charge < -0.3 is 35.5 Å². The summed E-state index contributed by atoms with van der Waals surface area (Å²) >= 11 is 1.33. The van der Waals surface area contributed by atoms with Gasteiger partial charge in [0.1, 0.15) is 17.6 Å². The van der Waals surface area contributed by atoms with E-state index in [9.17, 15) is 14.4 Å². The summed E-state index contributed by atoms with van der Waals surface area (Å²) in [5, 5.41) is 13.2. The Morgan fingerprint density at radius 3 is 2.63 bits per heavy atom. The van der Waals surface area contributed by atoms with Crippen molar-refractivity contribution in [3.8, 4) is 5.75 Å². The Kier molecular flexibility index (Phi) is 8.97. The van der Waals surface area contributed by atoms with Crippen LogP contribution in [0.3, 0.4) is 0 Å². The molecule has 1 aromatic carbocycles. The summed E-state index contributed by atoms with van der Waals surface area (Å²) in [4.78, 5) is 41.6. The number of hydrogen-bond donors (Lipinski definition) is 4. The van der Waals surface area contributed by atoms with Gasteiger partial charge in [-0.05, 0) is 37.6 Å². The highest BCUT2D eigenvalue weighted by Crippen LogP contribution is 2.35. The van der Waals surface area contributed by atoms with Crippen LogP contribution < -0.4 is 21.1 Å². The zero-order chi connectivity index (χ0) is 27.1. The molecular weight excluding hydrogens is 510 g/mol. The highest BCUT2D eigenvalue weighted by Gasteiger charge is 2.52. The molecule has 5 N–H and O–H groups in total. The molecular formula is C26H33N5O6S. The number of benzene rings is 1. The SMILES string of the molecule is C[C@@H](NC(=O)[C@@H]1CC2(CN1C(=O)CNC(=O)CCCOc1ccccc1)OCCO2)c1ccc(C(=N)N)s1. The maximum absolute atomic E-state index is 13.3. The first-order valence-electron chi connectivity index (χ1n) is 12.5. The molecule has 11 nitrogen and oxygen atoms in total. The van der Waals surface area contributed by atoms with Crippen molar-refractivity contribution in [1.82, 2.24) is 15.5 Å². The van der Waals surface area contributed by atoms with E-state index >= 15 is 0 Å². The van der Waals surface area contributed by atoms with Crippen LogP contribution in [0, 0.1) is 5.41 Å². The number of nitrogens with two attached hydrogens (primary N) is 1. The fourth-order valence-corrected chi connectivity index (χ4v) is 5.33. The van der Waals surface area contributed by atoms with Crippen LogP contribution in [0.5, 0.6) is 5.75 Å². The van der Waals surface area contributed by atoms with Gasteiger partial charge in [0.05, 0.1) is 43.8 Å². The molecule has 0 unspecified atom stereocenters. The van der Waals surface area contributed by atoms with E-state index in [1.54, 1.807) is 6.07 Å². The molecule has 0 aliphatic carbocycles. The summed E-state index contributed by atoms with van der Waals surface area (Å²) < 4.78 is 17.1. The summed E-state index contributed by atoms with van der Waals surface area (Å²) in [6, 6.07) is 11.7. The van der Waals surface area contributed by atoms with E-state index < -0.39 is 17.7 Å². The maximum Gasteiger partial charge on any atom is 0.243 e. The number of amidine groups is 1. The number of para-hydroxylation sites is 1. The van der Waals surface area contributed by atoms with E-state index in [1.807, 2.05) is 43.3 Å². The smallest absolute Gasteiger partial charge is 0.243 e. The first-order valence-corrected chi connectivity index (χ1v) is 13.3. The zero-order valence-electron chi connectivity index (χ0n) is 21.2. The lowest BCUT2D eigenvalue weighted by molar-refractivity contribution is -0.152. The van der Waals surface area contributed by atoms with Crippen LogP contribution >= 0.6 is 11.3 Å². The number of carbonyl (C=O) groups excluding carboxylic acids is 3.